The molecule has 1 N–H and O–H groups in total. The molecule has 1 aliphatic heterocycles. The number of amides is 1. The van der Waals surface area contributed by atoms with Crippen LogP contribution >= 0.6 is 0 Å². The Morgan fingerprint density at radius 1 is 1.04 bits per heavy atom. The van der Waals surface area contributed by atoms with E-state index in [1.807, 2.05) is 0 Å². The molecule has 1 aliphatic rings. The van der Waals surface area contributed by atoms with Gasteiger partial charge in [0.2, 0.25) is 5.91 Å². The van der Waals surface area contributed by atoms with Crippen LogP contribution in [0.3, 0.4) is 0 Å². The maximum atomic E-state index is 12.7. The summed E-state index contributed by atoms with van der Waals surface area (Å²) in [4.78, 5) is 26.4. The Kier molecular flexibility index (Phi) is 3.98. The fraction of sp³-hybridized carbons (Fsp3) is 0.176. The molecule has 1 heterocycles. The first-order valence-electron chi connectivity index (χ1n) is 7.27. The number of hydrogen-bond donors (Lipinski definition) is 1. The van der Waals surface area contributed by atoms with E-state index in [9.17, 15) is 22.6 Å². The number of rotatable bonds is 3. The van der Waals surface area contributed by atoms with E-state index in [4.69, 9.17) is 0 Å². The van der Waals surface area contributed by atoms with Crippen molar-refractivity contribution < 1.29 is 22.6 Å². The molecule has 0 saturated carbocycles. The van der Waals surface area contributed by atoms with Crippen LogP contribution in [0.5, 0.6) is 0 Å². The van der Waals surface area contributed by atoms with Crippen LogP contribution in [0.4, 0.5) is 5.69 Å². The van der Waals surface area contributed by atoms with Crippen LogP contribution in [-0.2, 0) is 21.3 Å². The summed E-state index contributed by atoms with van der Waals surface area (Å²) in [6, 6.07) is 12.6. The number of nitrogens with zero attached hydrogens (tertiary/aromatic N) is 1. The zero-order valence-electron chi connectivity index (χ0n) is 12.8. The van der Waals surface area contributed by atoms with Gasteiger partial charge in [-0.3, -0.25) is 14.1 Å². The monoisotopic (exact) mass is 345 g/mol. The summed E-state index contributed by atoms with van der Waals surface area (Å²) in [6.07, 6.45) is -0.0910. The first-order valence-corrected chi connectivity index (χ1v) is 8.71. The van der Waals surface area contributed by atoms with Gasteiger partial charge in [0.25, 0.3) is 10.1 Å². The van der Waals surface area contributed by atoms with Crippen molar-refractivity contribution in [2.24, 2.45) is 5.92 Å². The van der Waals surface area contributed by atoms with Crippen LogP contribution in [0.25, 0.3) is 0 Å². The first-order chi connectivity index (χ1) is 11.3. The van der Waals surface area contributed by atoms with Gasteiger partial charge in [0.05, 0.1) is 10.6 Å². The molecule has 2 aromatic rings. The molecule has 2 aromatic carbocycles. The Balaban J connectivity index is 2.04. The zero-order valence-corrected chi connectivity index (χ0v) is 13.7. The van der Waals surface area contributed by atoms with Gasteiger partial charge >= 0.3 is 0 Å². The number of anilines is 1. The van der Waals surface area contributed by atoms with Crippen molar-refractivity contribution in [3.05, 3.63) is 59.7 Å². The van der Waals surface area contributed by atoms with Crippen LogP contribution in [0.15, 0.2) is 53.4 Å². The second-order valence-corrected chi connectivity index (χ2v) is 7.01. The molecule has 24 heavy (non-hydrogen) atoms. The quantitative estimate of drug-likeness (QED) is 0.678. The van der Waals surface area contributed by atoms with Crippen molar-refractivity contribution in [3.8, 4) is 0 Å². The smallest absolute Gasteiger partial charge is 0.294 e. The van der Waals surface area contributed by atoms with Crippen molar-refractivity contribution in [2.75, 3.05) is 11.9 Å². The maximum Gasteiger partial charge on any atom is 0.294 e. The second-order valence-electron chi connectivity index (χ2n) is 5.62. The van der Waals surface area contributed by atoms with E-state index in [-0.39, 0.29) is 22.7 Å². The minimum Gasteiger partial charge on any atom is -0.314 e. The largest absolute Gasteiger partial charge is 0.314 e. The SMILES string of the molecule is CN1C(=O)C(Cc2ccccc2S(=O)(=O)O)C(=O)c2ccccc21. The molecule has 3 rings (SSSR count). The van der Waals surface area contributed by atoms with E-state index in [0.717, 1.165) is 0 Å². The Morgan fingerprint density at radius 2 is 1.67 bits per heavy atom. The molecule has 0 saturated heterocycles. The number of para-hydroxylation sites is 1. The number of hydrogen-bond acceptors (Lipinski definition) is 4. The molecule has 124 valence electrons. The lowest BCUT2D eigenvalue weighted by Crippen LogP contribution is -2.43. The molecule has 0 bridgehead atoms. The summed E-state index contributed by atoms with van der Waals surface area (Å²) >= 11 is 0. The summed E-state index contributed by atoms with van der Waals surface area (Å²) < 4.78 is 32.3. The van der Waals surface area contributed by atoms with Gasteiger partial charge in [0.1, 0.15) is 5.92 Å². The van der Waals surface area contributed by atoms with Crippen LogP contribution in [0.2, 0.25) is 0 Å². The van der Waals surface area contributed by atoms with E-state index < -0.39 is 21.9 Å². The molecular weight excluding hydrogens is 330 g/mol. The lowest BCUT2D eigenvalue weighted by atomic mass is 9.86. The predicted molar refractivity (Wildman–Crippen MR) is 87.6 cm³/mol. The van der Waals surface area contributed by atoms with Gasteiger partial charge in [-0.15, -0.1) is 0 Å². The molecule has 1 atom stereocenters. The van der Waals surface area contributed by atoms with Gasteiger partial charge in [0.15, 0.2) is 5.78 Å². The highest BCUT2D eigenvalue weighted by Gasteiger charge is 2.38. The van der Waals surface area contributed by atoms with Gasteiger partial charge in [-0.25, -0.2) is 0 Å². The molecule has 1 amide bonds. The number of carbonyl (C=O) groups excluding carboxylic acids is 2. The second kappa shape index (κ2) is 5.85. The van der Waals surface area contributed by atoms with E-state index in [1.54, 1.807) is 37.4 Å². The molecule has 0 fully saturated rings. The van der Waals surface area contributed by atoms with Crippen LogP contribution < -0.4 is 4.90 Å². The van der Waals surface area contributed by atoms with Crippen LogP contribution in [0, 0.1) is 5.92 Å². The fourth-order valence-corrected chi connectivity index (χ4v) is 3.68. The van der Waals surface area contributed by atoms with Gasteiger partial charge in [0, 0.05) is 12.6 Å². The topological polar surface area (TPSA) is 91.8 Å². The Labute approximate surface area is 139 Å². The highest BCUT2D eigenvalue weighted by atomic mass is 32.2. The van der Waals surface area contributed by atoms with Crippen molar-refractivity contribution in [3.63, 3.8) is 0 Å². The number of fused-ring (bicyclic) bond motifs is 1. The maximum absolute atomic E-state index is 12.7. The lowest BCUT2D eigenvalue weighted by molar-refractivity contribution is -0.121. The predicted octanol–water partition coefficient (Wildman–Crippen LogP) is 1.95. The summed E-state index contributed by atoms with van der Waals surface area (Å²) in [5.41, 5.74) is 1.19. The molecule has 7 heteroatoms. The standard InChI is InChI=1S/C17H15NO5S/c1-18-14-8-4-3-7-12(14)16(19)13(17(18)20)10-11-6-2-5-9-15(11)24(21,22)23/h2-9,13H,10H2,1H3,(H,21,22,23). The summed E-state index contributed by atoms with van der Waals surface area (Å²) in [6.45, 7) is 0. The number of Topliss-reactive ketones (excluding diaryl/α,β-unsaturated/α-hetero) is 1. The summed E-state index contributed by atoms with van der Waals surface area (Å²) in [7, 11) is -2.85. The summed E-state index contributed by atoms with van der Waals surface area (Å²) in [5.74, 6) is -1.77. The highest BCUT2D eigenvalue weighted by molar-refractivity contribution is 7.85. The molecule has 0 aliphatic carbocycles. The third-order valence-corrected chi connectivity index (χ3v) is 5.10. The van der Waals surface area contributed by atoms with E-state index >= 15 is 0 Å². The number of carbonyl (C=O) groups is 2. The molecule has 0 spiro atoms. The molecule has 0 radical (unpaired) electrons. The van der Waals surface area contributed by atoms with Crippen LogP contribution in [-0.4, -0.2) is 31.7 Å². The molecule has 1 unspecified atom stereocenters. The number of benzene rings is 2. The number of ketones is 1. The molecular formula is C17H15NO5S. The lowest BCUT2D eigenvalue weighted by Gasteiger charge is -2.30. The normalized spacial score (nSPS) is 17.8. The minimum atomic E-state index is -4.43. The average Bonchev–Trinajstić information content (AvgIpc) is 2.56. The summed E-state index contributed by atoms with van der Waals surface area (Å²) in [5, 5.41) is 0. The van der Waals surface area contributed by atoms with Gasteiger partial charge in [-0.2, -0.15) is 8.42 Å². The van der Waals surface area contributed by atoms with Crippen LogP contribution in [0.1, 0.15) is 15.9 Å². The van der Waals surface area contributed by atoms with Crippen molar-refractivity contribution in [2.45, 2.75) is 11.3 Å². The zero-order chi connectivity index (χ0) is 17.5. The Hall–Kier alpha value is -2.51. The Morgan fingerprint density at radius 3 is 2.38 bits per heavy atom. The molecule has 0 aromatic heterocycles. The van der Waals surface area contributed by atoms with Crippen molar-refractivity contribution in [1.29, 1.82) is 0 Å². The third kappa shape index (κ3) is 2.72. The Bertz CT molecular complexity index is 936. The molecule has 6 nitrogen and oxygen atoms in total. The third-order valence-electron chi connectivity index (χ3n) is 4.15. The van der Waals surface area contributed by atoms with Gasteiger partial charge in [-0.05, 0) is 30.2 Å². The van der Waals surface area contributed by atoms with Gasteiger partial charge < -0.3 is 4.90 Å². The first kappa shape index (κ1) is 16.4. The van der Waals surface area contributed by atoms with E-state index in [1.165, 1.54) is 23.1 Å². The van der Waals surface area contributed by atoms with Crippen molar-refractivity contribution in [1.82, 2.24) is 0 Å². The van der Waals surface area contributed by atoms with E-state index in [0.29, 0.717) is 11.3 Å². The minimum absolute atomic E-state index is 0.0910. The van der Waals surface area contributed by atoms with Crippen molar-refractivity contribution >= 4 is 27.5 Å². The van der Waals surface area contributed by atoms with E-state index in [2.05, 4.69) is 0 Å². The van der Waals surface area contributed by atoms with Gasteiger partial charge in [-0.1, -0.05) is 30.3 Å². The average molecular weight is 345 g/mol. The fourth-order valence-electron chi connectivity index (χ4n) is 2.95. The highest BCUT2D eigenvalue weighted by Crippen LogP contribution is 2.32.